The van der Waals surface area contributed by atoms with Crippen LogP contribution in [0.5, 0.6) is 11.5 Å². The number of hydrogen-bond donors (Lipinski definition) is 1. The van der Waals surface area contributed by atoms with Gasteiger partial charge in [0.2, 0.25) is 5.56 Å². The van der Waals surface area contributed by atoms with Crippen molar-refractivity contribution in [1.82, 2.24) is 19.5 Å². The zero-order valence-electron chi connectivity index (χ0n) is 15.2. The topological polar surface area (TPSA) is 82.0 Å². The Balaban J connectivity index is 2.15. The molecule has 0 unspecified atom stereocenters. The fourth-order valence-corrected chi connectivity index (χ4v) is 3.07. The van der Waals surface area contributed by atoms with E-state index in [1.807, 2.05) is 41.8 Å². The number of imidazole rings is 1. The van der Waals surface area contributed by atoms with E-state index in [0.29, 0.717) is 39.9 Å². The van der Waals surface area contributed by atoms with Gasteiger partial charge in [-0.25, -0.2) is 9.97 Å². The molecule has 0 radical (unpaired) electrons. The van der Waals surface area contributed by atoms with E-state index < -0.39 is 0 Å². The van der Waals surface area contributed by atoms with Crippen LogP contribution in [0.3, 0.4) is 0 Å². The molecule has 0 saturated carbocycles. The van der Waals surface area contributed by atoms with Crippen molar-refractivity contribution in [2.75, 3.05) is 14.2 Å². The summed E-state index contributed by atoms with van der Waals surface area (Å²) in [4.78, 5) is 24.1. The van der Waals surface area contributed by atoms with Gasteiger partial charge in [0.15, 0.2) is 11.5 Å². The average molecular weight is 362 g/mol. The monoisotopic (exact) mass is 362 g/mol. The highest BCUT2D eigenvalue weighted by Crippen LogP contribution is 2.37. The molecule has 0 aliphatic carbocycles. The van der Waals surface area contributed by atoms with Crippen molar-refractivity contribution < 1.29 is 9.47 Å². The first-order chi connectivity index (χ1) is 13.1. The van der Waals surface area contributed by atoms with E-state index in [1.54, 1.807) is 26.4 Å². The lowest BCUT2D eigenvalue weighted by Gasteiger charge is -2.16. The number of ether oxygens (including phenoxy) is 2. The Kier molecular flexibility index (Phi) is 4.12. The molecule has 0 aliphatic rings. The van der Waals surface area contributed by atoms with Crippen LogP contribution in [0, 0.1) is 6.92 Å². The third-order valence-electron chi connectivity index (χ3n) is 4.28. The number of rotatable bonds is 4. The Morgan fingerprint density at radius 2 is 1.63 bits per heavy atom. The van der Waals surface area contributed by atoms with Gasteiger partial charge in [0, 0.05) is 11.8 Å². The highest BCUT2D eigenvalue weighted by atomic mass is 16.5. The molecular formula is C20H18N4O3. The molecule has 7 heteroatoms. The number of fused-ring (bicyclic) bond motifs is 1. The molecule has 7 nitrogen and oxygen atoms in total. The normalized spacial score (nSPS) is 10.9. The fourth-order valence-electron chi connectivity index (χ4n) is 3.07. The zero-order chi connectivity index (χ0) is 19.0. The predicted molar refractivity (Wildman–Crippen MR) is 103 cm³/mol. The van der Waals surface area contributed by atoms with Gasteiger partial charge in [0.05, 0.1) is 19.9 Å². The zero-order valence-corrected chi connectivity index (χ0v) is 15.2. The summed E-state index contributed by atoms with van der Waals surface area (Å²) in [6.07, 6.45) is 0. The molecule has 27 heavy (non-hydrogen) atoms. The van der Waals surface area contributed by atoms with Gasteiger partial charge < -0.3 is 14.5 Å². The summed E-state index contributed by atoms with van der Waals surface area (Å²) in [5, 5.41) is 0. The van der Waals surface area contributed by atoms with Gasteiger partial charge in [-0.05, 0) is 37.3 Å². The van der Waals surface area contributed by atoms with Gasteiger partial charge in [-0.2, -0.15) is 0 Å². The minimum atomic E-state index is -0.206. The largest absolute Gasteiger partial charge is 0.494 e. The Morgan fingerprint density at radius 3 is 2.30 bits per heavy atom. The Hall–Kier alpha value is -3.61. The number of nitrogens with one attached hydrogen (secondary N) is 1. The lowest BCUT2D eigenvalue weighted by molar-refractivity contribution is 0.391. The van der Waals surface area contributed by atoms with Crippen LogP contribution >= 0.6 is 0 Å². The molecule has 0 aliphatic heterocycles. The molecule has 4 aromatic rings. The molecule has 136 valence electrons. The molecule has 0 fully saturated rings. The molecule has 3 aromatic heterocycles. The Bertz CT molecular complexity index is 1170. The quantitative estimate of drug-likeness (QED) is 0.603. The van der Waals surface area contributed by atoms with Crippen molar-refractivity contribution in [3.63, 3.8) is 0 Å². The maximum atomic E-state index is 11.9. The number of pyridine rings is 2. The average Bonchev–Trinajstić information content (AvgIpc) is 3.05. The first-order valence-electron chi connectivity index (χ1n) is 8.39. The number of nitrogens with zero attached hydrogens (tertiary/aromatic N) is 3. The molecule has 0 saturated heterocycles. The van der Waals surface area contributed by atoms with Crippen LogP contribution in [0.1, 0.15) is 5.69 Å². The summed E-state index contributed by atoms with van der Waals surface area (Å²) < 4.78 is 13.0. The number of aromatic nitrogens is 4. The van der Waals surface area contributed by atoms with E-state index in [0.717, 1.165) is 5.69 Å². The highest BCUT2D eigenvalue weighted by molar-refractivity contribution is 5.81. The fraction of sp³-hybridized carbons (Fsp3) is 0.150. The summed E-state index contributed by atoms with van der Waals surface area (Å²) in [5.41, 5.74) is 3.24. The minimum Gasteiger partial charge on any atom is -0.494 e. The summed E-state index contributed by atoms with van der Waals surface area (Å²) in [5.74, 6) is 1.76. The van der Waals surface area contributed by atoms with Gasteiger partial charge in [-0.1, -0.05) is 12.1 Å². The molecule has 1 aromatic carbocycles. The number of para-hydroxylation sites is 1. The first kappa shape index (κ1) is 16.8. The number of methoxy groups -OCH3 is 2. The molecule has 0 atom stereocenters. The highest BCUT2D eigenvalue weighted by Gasteiger charge is 2.22. The van der Waals surface area contributed by atoms with Crippen LogP contribution in [0.15, 0.2) is 53.3 Å². The second-order valence-corrected chi connectivity index (χ2v) is 6.01. The van der Waals surface area contributed by atoms with Crippen LogP contribution in [0.4, 0.5) is 0 Å². The van der Waals surface area contributed by atoms with Gasteiger partial charge in [-0.3, -0.25) is 9.36 Å². The summed E-state index contributed by atoms with van der Waals surface area (Å²) >= 11 is 0. The van der Waals surface area contributed by atoms with Crippen LogP contribution in [-0.4, -0.2) is 33.7 Å². The van der Waals surface area contributed by atoms with E-state index >= 15 is 0 Å². The molecule has 0 amide bonds. The van der Waals surface area contributed by atoms with Crippen molar-refractivity contribution in [3.8, 4) is 28.7 Å². The van der Waals surface area contributed by atoms with Crippen molar-refractivity contribution in [2.45, 2.75) is 6.92 Å². The van der Waals surface area contributed by atoms with Crippen molar-refractivity contribution >= 4 is 11.2 Å². The second kappa shape index (κ2) is 6.60. The van der Waals surface area contributed by atoms with Crippen molar-refractivity contribution in [3.05, 3.63) is 64.6 Å². The molecule has 3 heterocycles. The minimum absolute atomic E-state index is 0.206. The van der Waals surface area contributed by atoms with Crippen LogP contribution in [0.2, 0.25) is 0 Å². The second-order valence-electron chi connectivity index (χ2n) is 6.01. The molecule has 1 N–H and O–H groups in total. The Labute approximate surface area is 155 Å². The number of aromatic amines is 1. The van der Waals surface area contributed by atoms with E-state index in [2.05, 4.69) is 9.97 Å². The molecule has 0 bridgehead atoms. The Morgan fingerprint density at radius 1 is 0.926 bits per heavy atom. The van der Waals surface area contributed by atoms with Crippen molar-refractivity contribution in [2.24, 2.45) is 0 Å². The maximum Gasteiger partial charge on any atom is 0.248 e. The van der Waals surface area contributed by atoms with E-state index in [1.165, 1.54) is 6.07 Å². The number of H-pyrrole nitrogens is 1. The van der Waals surface area contributed by atoms with Gasteiger partial charge in [0.1, 0.15) is 22.7 Å². The van der Waals surface area contributed by atoms with Crippen molar-refractivity contribution in [1.29, 1.82) is 0 Å². The third-order valence-corrected chi connectivity index (χ3v) is 4.28. The SMILES string of the molecule is COc1cccc(OC)c1-n1c(-c2cccc(=O)[nH]2)nc2ccc(C)nc21. The smallest absolute Gasteiger partial charge is 0.248 e. The standard InChI is InChI=1S/C20H18N4O3/c1-12-10-11-14-19(21-12)24(18-15(26-2)7-5-8-16(18)27-3)20(23-14)13-6-4-9-17(25)22-13/h4-11H,1-3H3,(H,22,25). The van der Waals surface area contributed by atoms with Crippen LogP contribution < -0.4 is 15.0 Å². The lowest BCUT2D eigenvalue weighted by atomic mass is 10.2. The van der Waals surface area contributed by atoms with E-state index in [-0.39, 0.29) is 5.56 Å². The summed E-state index contributed by atoms with van der Waals surface area (Å²) in [7, 11) is 3.19. The van der Waals surface area contributed by atoms with Gasteiger partial charge in [-0.15, -0.1) is 0 Å². The molecular weight excluding hydrogens is 344 g/mol. The number of hydrogen-bond acceptors (Lipinski definition) is 5. The van der Waals surface area contributed by atoms with E-state index in [9.17, 15) is 4.79 Å². The third kappa shape index (κ3) is 2.83. The van der Waals surface area contributed by atoms with E-state index in [4.69, 9.17) is 14.5 Å². The van der Waals surface area contributed by atoms with Crippen LogP contribution in [-0.2, 0) is 0 Å². The maximum absolute atomic E-state index is 11.9. The van der Waals surface area contributed by atoms with Gasteiger partial charge in [0.25, 0.3) is 0 Å². The first-order valence-corrected chi connectivity index (χ1v) is 8.39. The number of aryl methyl sites for hydroxylation is 1. The summed E-state index contributed by atoms with van der Waals surface area (Å²) in [6.45, 7) is 1.92. The molecule has 4 rings (SSSR count). The number of benzene rings is 1. The van der Waals surface area contributed by atoms with Crippen LogP contribution in [0.25, 0.3) is 28.4 Å². The van der Waals surface area contributed by atoms with Gasteiger partial charge >= 0.3 is 0 Å². The predicted octanol–water partition coefficient (Wildman–Crippen LogP) is 3.10. The molecule has 0 spiro atoms. The summed E-state index contributed by atoms with van der Waals surface area (Å²) in [6, 6.07) is 14.3. The lowest BCUT2D eigenvalue weighted by Crippen LogP contribution is -2.08.